The minimum Gasteiger partial charge on any atom is -0.389 e. The van der Waals surface area contributed by atoms with Gasteiger partial charge in [-0.1, -0.05) is 30.4 Å². The maximum absolute atomic E-state index is 5.55. The topological polar surface area (TPSA) is 44.5 Å². The molecule has 0 atom stereocenters. The molecule has 1 rings (SSSR count). The molecule has 0 unspecified atom stereocenters. The number of hydrogen-bond acceptors (Lipinski definition) is 3. The lowest BCUT2D eigenvalue weighted by atomic mass is 10.1. The molecule has 16 heavy (non-hydrogen) atoms. The van der Waals surface area contributed by atoms with Gasteiger partial charge in [0, 0.05) is 12.2 Å². The van der Waals surface area contributed by atoms with Crippen molar-refractivity contribution in [2.75, 3.05) is 19.8 Å². The third-order valence-corrected chi connectivity index (χ3v) is 2.29. The molecule has 0 aromatic heterocycles. The van der Waals surface area contributed by atoms with Gasteiger partial charge in [0.1, 0.15) is 4.99 Å². The Labute approximate surface area is 102 Å². The van der Waals surface area contributed by atoms with E-state index in [1.165, 1.54) is 0 Å². The quantitative estimate of drug-likeness (QED) is 0.583. The van der Waals surface area contributed by atoms with Gasteiger partial charge < -0.3 is 15.2 Å². The molecule has 88 valence electrons. The average molecular weight is 239 g/mol. The number of benzene rings is 1. The van der Waals surface area contributed by atoms with Crippen LogP contribution in [0.25, 0.3) is 0 Å². The van der Waals surface area contributed by atoms with Crippen LogP contribution in [0.15, 0.2) is 24.3 Å². The van der Waals surface area contributed by atoms with Gasteiger partial charge in [0.05, 0.1) is 19.8 Å². The van der Waals surface area contributed by atoms with Gasteiger partial charge in [-0.15, -0.1) is 0 Å². The van der Waals surface area contributed by atoms with Gasteiger partial charge in [-0.25, -0.2) is 0 Å². The van der Waals surface area contributed by atoms with Crippen LogP contribution in [0.1, 0.15) is 18.1 Å². The molecule has 3 nitrogen and oxygen atoms in total. The van der Waals surface area contributed by atoms with Gasteiger partial charge in [0.15, 0.2) is 0 Å². The third-order valence-electron chi connectivity index (χ3n) is 2.06. The van der Waals surface area contributed by atoms with Crippen molar-refractivity contribution in [3.05, 3.63) is 35.4 Å². The minimum atomic E-state index is 0.413. The Hall–Kier alpha value is -0.970. The average Bonchev–Trinajstić information content (AvgIpc) is 2.29. The van der Waals surface area contributed by atoms with Crippen LogP contribution < -0.4 is 5.73 Å². The lowest BCUT2D eigenvalue weighted by Crippen LogP contribution is -2.10. The SMILES string of the molecule is CCOCCOCc1cccc(C(N)=S)c1. The van der Waals surface area contributed by atoms with Crippen LogP contribution in [0, 0.1) is 0 Å². The van der Waals surface area contributed by atoms with Crippen LogP contribution in [0.2, 0.25) is 0 Å². The smallest absolute Gasteiger partial charge is 0.103 e. The summed E-state index contributed by atoms with van der Waals surface area (Å²) in [5, 5.41) is 0. The first-order chi connectivity index (χ1) is 7.74. The van der Waals surface area contributed by atoms with Crippen molar-refractivity contribution in [3.8, 4) is 0 Å². The number of hydrogen-bond donors (Lipinski definition) is 1. The van der Waals surface area contributed by atoms with Gasteiger partial charge in [0.2, 0.25) is 0 Å². The summed E-state index contributed by atoms with van der Waals surface area (Å²) in [7, 11) is 0. The van der Waals surface area contributed by atoms with E-state index in [0.717, 1.165) is 17.7 Å². The number of nitrogens with two attached hydrogens (primary N) is 1. The molecule has 0 bridgehead atoms. The molecule has 0 amide bonds. The molecular formula is C12H17NO2S. The van der Waals surface area contributed by atoms with Crippen molar-refractivity contribution >= 4 is 17.2 Å². The number of thiocarbonyl (C=S) groups is 1. The second-order valence-corrected chi connectivity index (χ2v) is 3.75. The molecule has 1 aromatic rings. The van der Waals surface area contributed by atoms with Gasteiger partial charge in [-0.05, 0) is 18.6 Å². The monoisotopic (exact) mass is 239 g/mol. The zero-order valence-electron chi connectivity index (χ0n) is 9.44. The largest absolute Gasteiger partial charge is 0.389 e. The first-order valence-electron chi connectivity index (χ1n) is 5.28. The van der Waals surface area contributed by atoms with E-state index in [9.17, 15) is 0 Å². The highest BCUT2D eigenvalue weighted by Gasteiger charge is 1.98. The summed E-state index contributed by atoms with van der Waals surface area (Å²) in [4.78, 5) is 0.413. The molecule has 0 spiro atoms. The van der Waals surface area contributed by atoms with E-state index < -0.39 is 0 Å². The second-order valence-electron chi connectivity index (χ2n) is 3.31. The van der Waals surface area contributed by atoms with Crippen molar-refractivity contribution in [1.29, 1.82) is 0 Å². The summed E-state index contributed by atoms with van der Waals surface area (Å²) < 4.78 is 10.6. The van der Waals surface area contributed by atoms with Crippen LogP contribution in [-0.4, -0.2) is 24.8 Å². The maximum Gasteiger partial charge on any atom is 0.103 e. The molecule has 0 fully saturated rings. The predicted octanol–water partition coefficient (Wildman–Crippen LogP) is 1.87. The summed E-state index contributed by atoms with van der Waals surface area (Å²) in [6.07, 6.45) is 0. The van der Waals surface area contributed by atoms with Crippen LogP contribution in [0.5, 0.6) is 0 Å². The number of rotatable bonds is 7. The second kappa shape index (κ2) is 7.33. The van der Waals surface area contributed by atoms with Crippen LogP contribution >= 0.6 is 12.2 Å². The van der Waals surface area contributed by atoms with E-state index in [-0.39, 0.29) is 0 Å². The lowest BCUT2D eigenvalue weighted by molar-refractivity contribution is 0.0453. The van der Waals surface area contributed by atoms with Crippen molar-refractivity contribution in [2.24, 2.45) is 5.73 Å². The molecule has 0 radical (unpaired) electrons. The van der Waals surface area contributed by atoms with Crippen molar-refractivity contribution in [3.63, 3.8) is 0 Å². The Morgan fingerprint density at radius 1 is 1.31 bits per heavy atom. The van der Waals surface area contributed by atoms with Crippen molar-refractivity contribution in [2.45, 2.75) is 13.5 Å². The highest BCUT2D eigenvalue weighted by atomic mass is 32.1. The molecule has 4 heteroatoms. The van der Waals surface area contributed by atoms with E-state index in [1.807, 2.05) is 31.2 Å². The maximum atomic E-state index is 5.55. The van der Waals surface area contributed by atoms with Gasteiger partial charge >= 0.3 is 0 Å². The summed E-state index contributed by atoms with van der Waals surface area (Å²) in [6, 6.07) is 7.76. The fraction of sp³-hybridized carbons (Fsp3) is 0.417. The highest BCUT2D eigenvalue weighted by Crippen LogP contribution is 2.06. The Kier molecular flexibility index (Phi) is 6.00. The summed E-state index contributed by atoms with van der Waals surface area (Å²) in [5.41, 5.74) is 7.49. The molecule has 2 N–H and O–H groups in total. The van der Waals surface area contributed by atoms with Crippen LogP contribution in [0.4, 0.5) is 0 Å². The molecular weight excluding hydrogens is 222 g/mol. The minimum absolute atomic E-state index is 0.413. The fourth-order valence-electron chi connectivity index (χ4n) is 1.27. The van der Waals surface area contributed by atoms with Crippen molar-refractivity contribution in [1.82, 2.24) is 0 Å². The van der Waals surface area contributed by atoms with Gasteiger partial charge in [-0.2, -0.15) is 0 Å². The predicted molar refractivity (Wildman–Crippen MR) is 68.5 cm³/mol. The molecule has 0 saturated heterocycles. The first-order valence-corrected chi connectivity index (χ1v) is 5.69. The standard InChI is InChI=1S/C12H17NO2S/c1-2-14-6-7-15-9-10-4-3-5-11(8-10)12(13)16/h3-5,8H,2,6-7,9H2,1H3,(H2,13,16). The highest BCUT2D eigenvalue weighted by molar-refractivity contribution is 7.80. The van der Waals surface area contributed by atoms with E-state index in [0.29, 0.717) is 24.8 Å². The number of ether oxygens (including phenoxy) is 2. The summed E-state index contributed by atoms with van der Waals surface area (Å²) in [6.45, 7) is 4.48. The Morgan fingerprint density at radius 3 is 2.75 bits per heavy atom. The van der Waals surface area contributed by atoms with E-state index in [2.05, 4.69) is 0 Å². The normalized spacial score (nSPS) is 10.3. The van der Waals surface area contributed by atoms with Gasteiger partial charge in [-0.3, -0.25) is 0 Å². The summed E-state index contributed by atoms with van der Waals surface area (Å²) >= 11 is 4.91. The van der Waals surface area contributed by atoms with Crippen molar-refractivity contribution < 1.29 is 9.47 Å². The molecule has 0 saturated carbocycles. The first kappa shape index (κ1) is 13.1. The fourth-order valence-corrected chi connectivity index (χ4v) is 1.39. The van der Waals surface area contributed by atoms with E-state index in [1.54, 1.807) is 0 Å². The third kappa shape index (κ3) is 4.70. The van der Waals surface area contributed by atoms with Gasteiger partial charge in [0.25, 0.3) is 0 Å². The molecule has 0 aliphatic carbocycles. The molecule has 0 aliphatic rings. The van der Waals surface area contributed by atoms with Crippen LogP contribution in [0.3, 0.4) is 0 Å². The lowest BCUT2D eigenvalue weighted by Gasteiger charge is -2.06. The molecule has 1 aromatic carbocycles. The summed E-state index contributed by atoms with van der Waals surface area (Å²) in [5.74, 6) is 0. The van der Waals surface area contributed by atoms with E-state index in [4.69, 9.17) is 27.4 Å². The zero-order chi connectivity index (χ0) is 11.8. The van der Waals surface area contributed by atoms with Crippen LogP contribution in [-0.2, 0) is 16.1 Å². The Morgan fingerprint density at radius 2 is 2.06 bits per heavy atom. The molecule has 0 heterocycles. The zero-order valence-corrected chi connectivity index (χ0v) is 10.3. The Bertz CT molecular complexity index is 342. The molecule has 0 aliphatic heterocycles. The Balaban J connectivity index is 2.36. The van der Waals surface area contributed by atoms with E-state index >= 15 is 0 Å².